The zero-order valence-electron chi connectivity index (χ0n) is 28.0. The number of allylic oxidation sites excluding steroid dienone is 2. The van der Waals surface area contributed by atoms with Crippen molar-refractivity contribution in [3.05, 3.63) is 155 Å². The Morgan fingerprint density at radius 1 is 0.458 bits per heavy atom. The average Bonchev–Trinajstić information content (AvgIpc) is 3.80. The molecule has 48 heavy (non-hydrogen) atoms. The summed E-state index contributed by atoms with van der Waals surface area (Å²) in [5.41, 5.74) is 16.9. The van der Waals surface area contributed by atoms with Crippen molar-refractivity contribution < 1.29 is 9.15 Å². The maximum atomic E-state index is 4.78. The highest BCUT2D eigenvalue weighted by Crippen LogP contribution is 2.46. The molecular weight excluding hydrogens is 585 g/mol. The van der Waals surface area contributed by atoms with E-state index in [4.69, 9.17) is 14.1 Å². The monoisotopic (exact) mass is 620 g/mol. The van der Waals surface area contributed by atoms with Crippen molar-refractivity contribution in [1.29, 1.82) is 0 Å². The van der Waals surface area contributed by atoms with Crippen LogP contribution >= 0.6 is 0 Å². The van der Waals surface area contributed by atoms with Gasteiger partial charge in [-0.1, -0.05) is 97.1 Å². The molecular formula is C44H36N4. The van der Waals surface area contributed by atoms with E-state index in [0.717, 1.165) is 22.8 Å². The Labute approximate surface area is 280 Å². The number of nitrogens with zero attached hydrogens (tertiary/aromatic N) is 4. The summed E-state index contributed by atoms with van der Waals surface area (Å²) >= 11 is 0. The van der Waals surface area contributed by atoms with Gasteiger partial charge in [-0.2, -0.15) is 0 Å². The largest absolute Gasteiger partial charge is 0.326 e. The first-order valence-corrected chi connectivity index (χ1v) is 16.8. The lowest BCUT2D eigenvalue weighted by Crippen LogP contribution is -2.39. The second-order valence-corrected chi connectivity index (χ2v) is 13.7. The van der Waals surface area contributed by atoms with E-state index in [0.29, 0.717) is 0 Å². The number of hydrogen-bond acceptors (Lipinski definition) is 0. The first kappa shape index (κ1) is 27.4. The van der Waals surface area contributed by atoms with E-state index in [2.05, 4.69) is 150 Å². The van der Waals surface area contributed by atoms with Gasteiger partial charge in [0.2, 0.25) is 0 Å². The summed E-state index contributed by atoms with van der Waals surface area (Å²) in [6.45, 7) is 11.6. The smallest absolute Gasteiger partial charge is 0.117 e. The molecule has 0 radical (unpaired) electrons. The predicted octanol–water partition coefficient (Wildman–Crippen LogP) is 8.02. The fourth-order valence-electron chi connectivity index (χ4n) is 9.59. The minimum atomic E-state index is -0.0604. The van der Waals surface area contributed by atoms with Gasteiger partial charge in [0, 0.05) is 57.7 Å². The molecule has 0 aliphatic carbocycles. The van der Waals surface area contributed by atoms with Crippen molar-refractivity contribution in [2.75, 3.05) is 0 Å². The van der Waals surface area contributed by atoms with Crippen molar-refractivity contribution in [1.82, 2.24) is 9.13 Å². The van der Waals surface area contributed by atoms with Crippen LogP contribution in [0.2, 0.25) is 0 Å². The van der Waals surface area contributed by atoms with Crippen molar-refractivity contribution in [3.63, 3.8) is 0 Å². The second-order valence-electron chi connectivity index (χ2n) is 13.7. The summed E-state index contributed by atoms with van der Waals surface area (Å²) < 4.78 is 9.67. The molecule has 10 rings (SSSR count). The van der Waals surface area contributed by atoms with Crippen molar-refractivity contribution in [2.45, 2.75) is 40.8 Å². The molecule has 6 heterocycles. The van der Waals surface area contributed by atoms with Gasteiger partial charge in [0.15, 0.2) is 0 Å². The maximum Gasteiger partial charge on any atom is 0.117 e. The fraction of sp³-hybridized carbons (Fsp3) is 0.136. The summed E-state index contributed by atoms with van der Waals surface area (Å²) in [5.74, 6) is 0. The van der Waals surface area contributed by atoms with Gasteiger partial charge in [-0.05, 0) is 79.2 Å². The summed E-state index contributed by atoms with van der Waals surface area (Å²) in [6.07, 6.45) is -0.0604. The lowest BCUT2D eigenvalue weighted by Gasteiger charge is -2.28. The van der Waals surface area contributed by atoms with Crippen LogP contribution in [0.15, 0.2) is 97.1 Å². The molecule has 0 saturated heterocycles. The molecule has 1 unspecified atom stereocenters. The molecule has 4 aromatic carbocycles. The summed E-state index contributed by atoms with van der Waals surface area (Å²) in [6, 6.07) is 35.6. The average molecular weight is 621 g/mol. The zero-order valence-corrected chi connectivity index (χ0v) is 28.0. The molecule has 0 fully saturated rings. The fourth-order valence-corrected chi connectivity index (χ4v) is 9.59. The number of benzene rings is 4. The Bertz CT molecular complexity index is 2600. The molecule has 232 valence electrons. The van der Waals surface area contributed by atoms with Crippen LogP contribution < -0.4 is 10.7 Å². The van der Waals surface area contributed by atoms with E-state index in [9.17, 15) is 0 Å². The second kappa shape index (κ2) is 9.20. The van der Waals surface area contributed by atoms with E-state index in [-0.39, 0.29) is 6.17 Å². The van der Waals surface area contributed by atoms with Crippen LogP contribution in [0.25, 0.3) is 55.2 Å². The van der Waals surface area contributed by atoms with Crippen LogP contribution in [-0.4, -0.2) is 29.7 Å². The Balaban J connectivity index is 1.60. The quantitative estimate of drug-likeness (QED) is 0.121. The third kappa shape index (κ3) is 3.07. The molecule has 0 N–H and O–H groups in total. The van der Waals surface area contributed by atoms with Crippen molar-refractivity contribution >= 4 is 66.7 Å². The minimum absolute atomic E-state index is 0.0604. The molecule has 2 aromatic heterocycles. The van der Waals surface area contributed by atoms with Crippen LogP contribution in [-0.2, 0) is 0 Å². The van der Waals surface area contributed by atoms with Gasteiger partial charge in [0.1, 0.15) is 29.0 Å². The Kier molecular flexibility index (Phi) is 5.25. The molecule has 0 amide bonds. The van der Waals surface area contributed by atoms with Gasteiger partial charge < -0.3 is 18.3 Å². The topological polar surface area (TPSA) is 15.9 Å². The predicted molar refractivity (Wildman–Crippen MR) is 199 cm³/mol. The molecule has 4 heteroatoms. The van der Waals surface area contributed by atoms with Crippen LogP contribution in [0.4, 0.5) is 0 Å². The van der Waals surface area contributed by atoms with E-state index < -0.39 is 0 Å². The summed E-state index contributed by atoms with van der Waals surface area (Å²) in [4.78, 5) is 0. The van der Waals surface area contributed by atoms with Gasteiger partial charge >= 0.3 is 0 Å². The van der Waals surface area contributed by atoms with Crippen LogP contribution in [0.5, 0.6) is 0 Å². The molecule has 4 aliphatic rings. The van der Waals surface area contributed by atoms with Crippen molar-refractivity contribution in [3.8, 4) is 0 Å². The first-order valence-electron chi connectivity index (χ1n) is 16.8. The Hall–Kier alpha value is -5.74. The van der Waals surface area contributed by atoms with E-state index in [1.54, 1.807) is 0 Å². The number of rotatable bonds is 0. The minimum Gasteiger partial charge on any atom is -0.326 e. The van der Waals surface area contributed by atoms with Gasteiger partial charge in [-0.15, -0.1) is 0 Å². The molecule has 4 nitrogen and oxygen atoms in total. The Morgan fingerprint density at radius 3 is 1.23 bits per heavy atom. The van der Waals surface area contributed by atoms with Gasteiger partial charge in [0.05, 0.1) is 0 Å². The van der Waals surface area contributed by atoms with Gasteiger partial charge in [-0.25, -0.2) is 0 Å². The third-order valence-corrected chi connectivity index (χ3v) is 11.4. The summed E-state index contributed by atoms with van der Waals surface area (Å²) in [7, 11) is 9.57. The van der Waals surface area contributed by atoms with Crippen LogP contribution in [0, 0.1) is 14.1 Å². The SMILES string of the molecule is [CH2-][N+]1=C2C(C)=c3c4ccccc4c4n3C(C)n3c(c5ccccc5c3C(C)=C3c5ccccc5C(=[N+]3[CH2-])C=4C)C(C)=C1c1ccccc12. The van der Waals surface area contributed by atoms with Gasteiger partial charge in [-0.3, -0.25) is 0 Å². The highest BCUT2D eigenvalue weighted by Gasteiger charge is 2.36. The van der Waals surface area contributed by atoms with E-state index in [1.807, 2.05) is 0 Å². The zero-order chi connectivity index (χ0) is 32.7. The molecule has 6 aromatic rings. The van der Waals surface area contributed by atoms with Crippen LogP contribution in [0.1, 0.15) is 74.4 Å². The molecule has 6 bridgehead atoms. The molecule has 1 atom stereocenters. The molecule has 0 saturated carbocycles. The van der Waals surface area contributed by atoms with Crippen LogP contribution in [0.3, 0.4) is 0 Å². The molecule has 4 aliphatic heterocycles. The third-order valence-electron chi connectivity index (χ3n) is 11.4. The lowest BCUT2D eigenvalue weighted by molar-refractivity contribution is -0.352. The first-order chi connectivity index (χ1) is 23.3. The highest BCUT2D eigenvalue weighted by atomic mass is 15.2. The summed E-state index contributed by atoms with van der Waals surface area (Å²) in [5, 5.41) is 7.44. The highest BCUT2D eigenvalue weighted by molar-refractivity contribution is 6.31. The number of hydrogen-bond donors (Lipinski definition) is 0. The number of aromatic nitrogens is 2. The standard InChI is InChI=1S/C44H36N4/c1-24-37-29-16-8-9-17-30(29)38(45(37)6)25(2)43-35-22-14-15-23-36(35)44-27(4)40-32-19-11-10-18-31(32)39(46(40)7)26(3)42-34-21-13-12-20-33(34)41(24)47(42)28(5)48(43)44/h8-23,28H,6-7H2,1-5H3. The molecule has 0 spiro atoms. The number of fused-ring (bicyclic) bond motifs is 14. The lowest BCUT2D eigenvalue weighted by atomic mass is 9.96. The Morgan fingerprint density at radius 2 is 0.812 bits per heavy atom. The normalized spacial score (nSPS) is 18.1. The van der Waals surface area contributed by atoms with E-state index >= 15 is 0 Å². The van der Waals surface area contributed by atoms with E-state index in [1.165, 1.54) is 88.2 Å². The van der Waals surface area contributed by atoms with Crippen molar-refractivity contribution in [2.24, 2.45) is 0 Å². The van der Waals surface area contributed by atoms with Gasteiger partial charge in [0.25, 0.3) is 0 Å². The maximum absolute atomic E-state index is 4.78.